The molecule has 0 unspecified atom stereocenters. The van der Waals surface area contributed by atoms with Crippen molar-refractivity contribution in [1.82, 2.24) is 34.3 Å². The van der Waals surface area contributed by atoms with Crippen molar-refractivity contribution in [3.63, 3.8) is 0 Å². The molecule has 0 bridgehead atoms. The molecule has 0 fully saturated rings. The van der Waals surface area contributed by atoms with Gasteiger partial charge in [0.1, 0.15) is 6.33 Å². The van der Waals surface area contributed by atoms with E-state index in [2.05, 4.69) is 30.4 Å². The maximum Gasteiger partial charge on any atom is 0.330 e. The van der Waals surface area contributed by atoms with E-state index in [1.54, 1.807) is 48.1 Å². The number of nitrogens with one attached hydrogen (secondary N) is 1. The zero-order chi connectivity index (χ0) is 14.8. The Kier molecular flexibility index (Phi) is 3.22. The molecular weight excluding hydrogens is 272 g/mol. The van der Waals surface area contributed by atoms with Crippen LogP contribution >= 0.6 is 0 Å². The zero-order valence-electron chi connectivity index (χ0n) is 11.8. The predicted octanol–water partition coefficient (Wildman–Crippen LogP) is 0.933. The van der Waals surface area contributed by atoms with Crippen molar-refractivity contribution in [2.45, 2.75) is 6.92 Å². The molecule has 21 heavy (non-hydrogen) atoms. The average molecular weight is 286 g/mol. The van der Waals surface area contributed by atoms with Crippen molar-refractivity contribution in [2.75, 3.05) is 12.4 Å². The van der Waals surface area contributed by atoms with E-state index in [9.17, 15) is 0 Å². The van der Waals surface area contributed by atoms with Crippen molar-refractivity contribution < 1.29 is 4.74 Å². The number of anilines is 1. The van der Waals surface area contributed by atoms with E-state index in [-0.39, 0.29) is 6.01 Å². The van der Waals surface area contributed by atoms with Gasteiger partial charge in [-0.15, -0.1) is 0 Å². The first-order chi connectivity index (χ1) is 10.2. The van der Waals surface area contributed by atoms with Gasteiger partial charge in [-0.05, 0) is 6.92 Å². The monoisotopic (exact) mass is 286 g/mol. The number of rotatable bonds is 4. The molecule has 0 atom stereocenters. The number of nitrogens with zero attached hydrogens (tertiary/aromatic N) is 7. The fourth-order valence-electron chi connectivity index (χ4n) is 1.77. The minimum Gasteiger partial charge on any atom is -0.405 e. The quantitative estimate of drug-likeness (QED) is 0.762. The third-order valence-corrected chi connectivity index (χ3v) is 2.72. The molecule has 1 N–H and O–H groups in total. The largest absolute Gasteiger partial charge is 0.405 e. The van der Waals surface area contributed by atoms with Gasteiger partial charge in [0.15, 0.2) is 0 Å². The van der Waals surface area contributed by atoms with Crippen molar-refractivity contribution in [1.29, 1.82) is 0 Å². The Morgan fingerprint density at radius 2 is 2.10 bits per heavy atom. The molecule has 9 heteroatoms. The van der Waals surface area contributed by atoms with E-state index in [4.69, 9.17) is 4.74 Å². The van der Waals surface area contributed by atoms with Crippen molar-refractivity contribution in [3.8, 4) is 17.8 Å². The van der Waals surface area contributed by atoms with Crippen LogP contribution < -0.4 is 10.1 Å². The summed E-state index contributed by atoms with van der Waals surface area (Å²) >= 11 is 0. The van der Waals surface area contributed by atoms with E-state index in [0.29, 0.717) is 17.8 Å². The van der Waals surface area contributed by atoms with Crippen LogP contribution in [0.3, 0.4) is 0 Å². The highest BCUT2D eigenvalue weighted by Gasteiger charge is 2.11. The van der Waals surface area contributed by atoms with Gasteiger partial charge in [0.05, 0.1) is 5.69 Å². The summed E-state index contributed by atoms with van der Waals surface area (Å²) in [6.45, 7) is 1.89. The Labute approximate surface area is 120 Å². The Hall–Kier alpha value is -2.97. The molecule has 0 amide bonds. The normalized spacial score (nSPS) is 10.6. The first-order valence-electron chi connectivity index (χ1n) is 6.26. The van der Waals surface area contributed by atoms with Crippen LogP contribution in [-0.4, -0.2) is 41.3 Å². The highest BCUT2D eigenvalue weighted by molar-refractivity contribution is 5.30. The molecule has 3 heterocycles. The number of aromatic nitrogens is 7. The van der Waals surface area contributed by atoms with E-state index in [1.165, 1.54) is 0 Å². The summed E-state index contributed by atoms with van der Waals surface area (Å²) < 4.78 is 8.97. The summed E-state index contributed by atoms with van der Waals surface area (Å²) in [5.41, 5.74) is 0.852. The van der Waals surface area contributed by atoms with Crippen LogP contribution in [0.5, 0.6) is 11.9 Å². The van der Waals surface area contributed by atoms with Gasteiger partial charge in [0, 0.05) is 32.6 Å². The van der Waals surface area contributed by atoms with E-state index < -0.39 is 0 Å². The van der Waals surface area contributed by atoms with Gasteiger partial charge in [-0.3, -0.25) is 4.57 Å². The second-order valence-electron chi connectivity index (χ2n) is 4.31. The lowest BCUT2D eigenvalue weighted by Crippen LogP contribution is -2.07. The fraction of sp³-hybridized carbons (Fsp3) is 0.250. The molecule has 0 spiro atoms. The van der Waals surface area contributed by atoms with Gasteiger partial charge in [0.25, 0.3) is 0 Å². The molecule has 0 saturated heterocycles. The van der Waals surface area contributed by atoms with Crippen LogP contribution in [-0.2, 0) is 7.05 Å². The van der Waals surface area contributed by atoms with Gasteiger partial charge in [0.2, 0.25) is 17.8 Å². The van der Waals surface area contributed by atoms with Gasteiger partial charge in [-0.25, -0.2) is 9.67 Å². The summed E-state index contributed by atoms with van der Waals surface area (Å²) in [5.74, 6) is 1.38. The fourth-order valence-corrected chi connectivity index (χ4v) is 1.77. The summed E-state index contributed by atoms with van der Waals surface area (Å²) in [4.78, 5) is 16.7. The summed E-state index contributed by atoms with van der Waals surface area (Å²) in [5, 5.41) is 7.09. The first kappa shape index (κ1) is 13.0. The third-order valence-electron chi connectivity index (χ3n) is 2.72. The minimum atomic E-state index is 0.182. The van der Waals surface area contributed by atoms with Crippen LogP contribution in [0.25, 0.3) is 5.95 Å². The van der Waals surface area contributed by atoms with Gasteiger partial charge in [-0.1, -0.05) is 0 Å². The minimum absolute atomic E-state index is 0.182. The molecule has 0 aliphatic rings. The summed E-state index contributed by atoms with van der Waals surface area (Å²) in [6, 6.07) is 1.99. The summed E-state index contributed by atoms with van der Waals surface area (Å²) in [7, 11) is 3.52. The lowest BCUT2D eigenvalue weighted by atomic mass is 10.5. The number of aryl methyl sites for hydroxylation is 2. The second-order valence-corrected chi connectivity index (χ2v) is 4.31. The van der Waals surface area contributed by atoms with Gasteiger partial charge >= 0.3 is 6.01 Å². The standard InChI is InChI=1S/C12H14N8O/c1-8-6-9(19(3)18-8)21-12-16-10(13-2)15-11(17-12)20-5-4-14-7-20/h4-7H,1-3H3,(H,13,15,16,17). The lowest BCUT2D eigenvalue weighted by Gasteiger charge is -2.07. The first-order valence-corrected chi connectivity index (χ1v) is 6.26. The molecular formula is C12H14N8O. The van der Waals surface area contributed by atoms with Gasteiger partial charge < -0.3 is 10.1 Å². The van der Waals surface area contributed by atoms with Gasteiger partial charge in [-0.2, -0.15) is 20.1 Å². The van der Waals surface area contributed by atoms with Crippen LogP contribution in [0.2, 0.25) is 0 Å². The van der Waals surface area contributed by atoms with Crippen molar-refractivity contribution >= 4 is 5.95 Å². The highest BCUT2D eigenvalue weighted by atomic mass is 16.5. The van der Waals surface area contributed by atoms with E-state index in [0.717, 1.165) is 5.69 Å². The molecule has 108 valence electrons. The Morgan fingerprint density at radius 1 is 1.24 bits per heavy atom. The van der Waals surface area contributed by atoms with E-state index in [1.807, 2.05) is 6.92 Å². The predicted molar refractivity (Wildman–Crippen MR) is 74.5 cm³/mol. The zero-order valence-corrected chi connectivity index (χ0v) is 11.8. The lowest BCUT2D eigenvalue weighted by molar-refractivity contribution is 0.397. The van der Waals surface area contributed by atoms with Crippen molar-refractivity contribution in [2.24, 2.45) is 7.05 Å². The Balaban J connectivity index is 1.98. The molecule has 0 aliphatic carbocycles. The molecule has 0 aliphatic heterocycles. The smallest absolute Gasteiger partial charge is 0.330 e. The molecule has 0 saturated carbocycles. The van der Waals surface area contributed by atoms with Crippen LogP contribution in [0.15, 0.2) is 24.8 Å². The Morgan fingerprint density at radius 3 is 2.71 bits per heavy atom. The molecule has 0 aromatic carbocycles. The SMILES string of the molecule is CNc1nc(Oc2cc(C)nn2C)nc(-n2ccnc2)n1. The van der Waals surface area contributed by atoms with Crippen LogP contribution in [0.4, 0.5) is 5.95 Å². The number of hydrogen-bond acceptors (Lipinski definition) is 7. The molecule has 3 rings (SSSR count). The number of hydrogen-bond donors (Lipinski definition) is 1. The summed E-state index contributed by atoms with van der Waals surface area (Å²) in [6.07, 6.45) is 4.99. The molecule has 9 nitrogen and oxygen atoms in total. The molecule has 3 aromatic rings. The molecule has 3 aromatic heterocycles. The van der Waals surface area contributed by atoms with Crippen molar-refractivity contribution in [3.05, 3.63) is 30.5 Å². The highest BCUT2D eigenvalue weighted by Crippen LogP contribution is 2.19. The second kappa shape index (κ2) is 5.19. The topological polar surface area (TPSA) is 95.6 Å². The average Bonchev–Trinajstić information content (AvgIpc) is 3.09. The third kappa shape index (κ3) is 2.66. The van der Waals surface area contributed by atoms with Crippen LogP contribution in [0.1, 0.15) is 5.69 Å². The maximum absolute atomic E-state index is 5.68. The number of imidazole rings is 1. The maximum atomic E-state index is 5.68. The Bertz CT molecular complexity index is 749. The van der Waals surface area contributed by atoms with E-state index >= 15 is 0 Å². The molecule has 0 radical (unpaired) electrons. The number of ether oxygens (including phenoxy) is 1. The van der Waals surface area contributed by atoms with Crippen LogP contribution in [0, 0.1) is 6.92 Å².